The van der Waals surface area contributed by atoms with Crippen molar-refractivity contribution in [3.05, 3.63) is 88.9 Å². The Morgan fingerprint density at radius 3 is 2.23 bits per heavy atom. The summed E-state index contributed by atoms with van der Waals surface area (Å²) in [6, 6.07) is 18.9. The molecule has 8 nitrogen and oxygen atoms in total. The largest absolute Gasteiger partial charge is 0.497 e. The number of sulfonamides is 1. The lowest BCUT2D eigenvalue weighted by Crippen LogP contribution is -2.52. The van der Waals surface area contributed by atoms with Crippen molar-refractivity contribution in [2.24, 2.45) is 0 Å². The van der Waals surface area contributed by atoms with Crippen LogP contribution < -0.4 is 14.4 Å². The van der Waals surface area contributed by atoms with Crippen LogP contribution in [0.15, 0.2) is 77.7 Å². The Morgan fingerprint density at radius 2 is 1.65 bits per heavy atom. The molecule has 3 rings (SSSR count). The summed E-state index contributed by atoms with van der Waals surface area (Å²) in [5.74, 6) is -0.217. The highest BCUT2D eigenvalue weighted by Crippen LogP contribution is 2.27. The molecule has 0 radical (unpaired) electrons. The first-order valence-electron chi connectivity index (χ1n) is 13.0. The summed E-state index contributed by atoms with van der Waals surface area (Å²) in [5.41, 5.74) is 1.90. The minimum absolute atomic E-state index is 0.0372. The summed E-state index contributed by atoms with van der Waals surface area (Å²) < 4.78 is 34.0. The van der Waals surface area contributed by atoms with Crippen LogP contribution in [-0.4, -0.2) is 50.9 Å². The first-order valence-corrected chi connectivity index (χ1v) is 14.9. The molecule has 0 heterocycles. The number of halogens is 1. The van der Waals surface area contributed by atoms with E-state index in [0.29, 0.717) is 10.8 Å². The van der Waals surface area contributed by atoms with Crippen molar-refractivity contribution in [1.82, 2.24) is 10.2 Å². The smallest absolute Gasteiger partial charge is 0.264 e. The molecule has 0 saturated carbocycles. The zero-order valence-electron chi connectivity index (χ0n) is 23.4. The molecular formula is C30H36ClN3O5S. The van der Waals surface area contributed by atoms with Crippen molar-refractivity contribution in [1.29, 1.82) is 0 Å². The van der Waals surface area contributed by atoms with Gasteiger partial charge in [0.15, 0.2) is 0 Å². The monoisotopic (exact) mass is 585 g/mol. The third-order valence-electron chi connectivity index (χ3n) is 6.66. The molecule has 0 bridgehead atoms. The number of nitrogens with zero attached hydrogens (tertiary/aromatic N) is 2. The van der Waals surface area contributed by atoms with Crippen LogP contribution in [0.3, 0.4) is 0 Å². The van der Waals surface area contributed by atoms with Crippen molar-refractivity contribution in [2.75, 3.05) is 18.0 Å². The minimum atomic E-state index is -4.16. The number of ether oxygens (including phenoxy) is 1. The Hall–Kier alpha value is -3.56. The number of amides is 2. The summed E-state index contributed by atoms with van der Waals surface area (Å²) in [6.07, 6.45) is 0.724. The van der Waals surface area contributed by atoms with Crippen LogP contribution in [0, 0.1) is 6.92 Å². The highest BCUT2D eigenvalue weighted by Gasteiger charge is 2.32. The third kappa shape index (κ3) is 7.76. The van der Waals surface area contributed by atoms with Crippen LogP contribution in [0.4, 0.5) is 5.69 Å². The topological polar surface area (TPSA) is 96.0 Å². The molecule has 0 spiro atoms. The van der Waals surface area contributed by atoms with E-state index in [1.54, 1.807) is 68.6 Å². The maximum absolute atomic E-state index is 14.0. The molecule has 0 saturated heterocycles. The number of carbonyl (C=O) groups excluding carboxylic acids is 2. The summed E-state index contributed by atoms with van der Waals surface area (Å²) in [6.45, 7) is 6.89. The lowest BCUT2D eigenvalue weighted by molar-refractivity contribution is -0.139. The molecule has 2 amide bonds. The van der Waals surface area contributed by atoms with Gasteiger partial charge in [0.1, 0.15) is 18.3 Å². The van der Waals surface area contributed by atoms with E-state index in [1.807, 2.05) is 20.8 Å². The molecule has 0 aliphatic heterocycles. The molecule has 0 unspecified atom stereocenters. The van der Waals surface area contributed by atoms with Crippen LogP contribution >= 0.6 is 11.6 Å². The SMILES string of the molecule is CC[C@H](C)NC(=O)[C@H](C)N(Cc1ccc(OC)cc1)C(=O)CN(c1cccc(Cl)c1)S(=O)(=O)c1ccc(C)cc1. The average molecular weight is 586 g/mol. The second-order valence-electron chi connectivity index (χ2n) is 9.67. The molecule has 10 heteroatoms. The zero-order valence-corrected chi connectivity index (χ0v) is 25.0. The van der Waals surface area contributed by atoms with Crippen LogP contribution in [0.25, 0.3) is 0 Å². The lowest BCUT2D eigenvalue weighted by Gasteiger charge is -2.32. The fourth-order valence-corrected chi connectivity index (χ4v) is 5.56. The van der Waals surface area contributed by atoms with Gasteiger partial charge in [0, 0.05) is 17.6 Å². The molecule has 214 valence electrons. The Kier molecular flexibility index (Phi) is 10.6. The second-order valence-corrected chi connectivity index (χ2v) is 12.0. The van der Waals surface area contributed by atoms with E-state index in [1.165, 1.54) is 23.1 Å². The lowest BCUT2D eigenvalue weighted by atomic mass is 10.1. The van der Waals surface area contributed by atoms with Crippen molar-refractivity contribution in [2.45, 2.75) is 57.6 Å². The number of anilines is 1. The summed E-state index contributed by atoms with van der Waals surface area (Å²) in [7, 11) is -2.60. The minimum Gasteiger partial charge on any atom is -0.497 e. The summed E-state index contributed by atoms with van der Waals surface area (Å²) >= 11 is 6.21. The number of hydrogen-bond donors (Lipinski definition) is 1. The van der Waals surface area contributed by atoms with Crippen LogP contribution in [0.5, 0.6) is 5.75 Å². The normalized spacial score (nSPS) is 12.8. The number of methoxy groups -OCH3 is 1. The average Bonchev–Trinajstić information content (AvgIpc) is 2.94. The first-order chi connectivity index (χ1) is 19.0. The van der Waals surface area contributed by atoms with E-state index < -0.39 is 28.5 Å². The van der Waals surface area contributed by atoms with Crippen LogP contribution in [0.1, 0.15) is 38.3 Å². The fourth-order valence-electron chi connectivity index (χ4n) is 3.97. The van der Waals surface area contributed by atoms with E-state index in [-0.39, 0.29) is 29.1 Å². The van der Waals surface area contributed by atoms with Crippen LogP contribution in [0.2, 0.25) is 5.02 Å². The zero-order chi connectivity index (χ0) is 29.4. The number of benzene rings is 3. The van der Waals surface area contributed by atoms with Gasteiger partial charge in [-0.15, -0.1) is 0 Å². The quantitative estimate of drug-likeness (QED) is 0.316. The molecule has 0 aliphatic rings. The predicted molar refractivity (Wildman–Crippen MR) is 158 cm³/mol. The number of carbonyl (C=O) groups is 2. The van der Waals surface area contributed by atoms with Gasteiger partial charge in [0.05, 0.1) is 17.7 Å². The maximum atomic E-state index is 14.0. The van der Waals surface area contributed by atoms with Gasteiger partial charge in [-0.3, -0.25) is 13.9 Å². The molecule has 3 aromatic rings. The predicted octanol–water partition coefficient (Wildman–Crippen LogP) is 5.18. The number of hydrogen-bond acceptors (Lipinski definition) is 5. The fraction of sp³-hybridized carbons (Fsp3) is 0.333. The standard InChI is InChI=1S/C30H36ClN3O5S/c1-6-22(3)32-30(36)23(4)33(19-24-12-14-27(39-5)15-13-24)29(35)20-34(26-9-7-8-25(31)18-26)40(37,38)28-16-10-21(2)11-17-28/h7-18,22-23H,6,19-20H2,1-5H3,(H,32,36)/t22-,23-/m0/s1. The Bertz CT molecular complexity index is 1410. The van der Waals surface area contributed by atoms with Gasteiger partial charge in [0.25, 0.3) is 10.0 Å². The van der Waals surface area contributed by atoms with Gasteiger partial charge in [-0.25, -0.2) is 8.42 Å². The number of nitrogens with one attached hydrogen (secondary N) is 1. The van der Waals surface area contributed by atoms with Gasteiger partial charge in [-0.1, -0.05) is 54.4 Å². The van der Waals surface area contributed by atoms with Crippen molar-refractivity contribution < 1.29 is 22.7 Å². The molecular weight excluding hydrogens is 550 g/mol. The first kappa shape index (κ1) is 31.0. The van der Waals surface area contributed by atoms with E-state index in [0.717, 1.165) is 21.9 Å². The van der Waals surface area contributed by atoms with Crippen molar-refractivity contribution >= 4 is 39.1 Å². The third-order valence-corrected chi connectivity index (χ3v) is 8.69. The summed E-state index contributed by atoms with van der Waals surface area (Å²) in [4.78, 5) is 28.5. The maximum Gasteiger partial charge on any atom is 0.264 e. The van der Waals surface area contributed by atoms with Gasteiger partial charge >= 0.3 is 0 Å². The molecule has 3 aromatic carbocycles. The summed E-state index contributed by atoms with van der Waals surface area (Å²) in [5, 5.41) is 3.24. The highest BCUT2D eigenvalue weighted by atomic mass is 35.5. The van der Waals surface area contributed by atoms with E-state index in [9.17, 15) is 18.0 Å². The Balaban J connectivity index is 2.02. The van der Waals surface area contributed by atoms with Gasteiger partial charge in [-0.05, 0) is 75.2 Å². The van der Waals surface area contributed by atoms with Crippen molar-refractivity contribution in [3.63, 3.8) is 0 Å². The molecule has 0 aliphatic carbocycles. The molecule has 2 atom stereocenters. The van der Waals surface area contributed by atoms with Gasteiger partial charge in [-0.2, -0.15) is 0 Å². The van der Waals surface area contributed by atoms with E-state index in [4.69, 9.17) is 16.3 Å². The molecule has 40 heavy (non-hydrogen) atoms. The molecule has 1 N–H and O–H groups in total. The Labute approximate surface area is 241 Å². The molecule has 0 fully saturated rings. The highest BCUT2D eigenvalue weighted by molar-refractivity contribution is 7.92. The number of aryl methyl sites for hydroxylation is 1. The van der Waals surface area contributed by atoms with Gasteiger partial charge in [0.2, 0.25) is 11.8 Å². The Morgan fingerprint density at radius 1 is 1.00 bits per heavy atom. The molecule has 0 aromatic heterocycles. The van der Waals surface area contributed by atoms with Crippen LogP contribution in [-0.2, 0) is 26.2 Å². The second kappa shape index (κ2) is 13.7. The van der Waals surface area contributed by atoms with E-state index >= 15 is 0 Å². The van der Waals surface area contributed by atoms with Gasteiger partial charge < -0.3 is 15.0 Å². The van der Waals surface area contributed by atoms with Crippen molar-refractivity contribution in [3.8, 4) is 5.75 Å². The number of rotatable bonds is 12. The van der Waals surface area contributed by atoms with E-state index in [2.05, 4.69) is 5.32 Å².